The summed E-state index contributed by atoms with van der Waals surface area (Å²) < 4.78 is 5.01. The van der Waals surface area contributed by atoms with Crippen LogP contribution in [-0.4, -0.2) is 54.1 Å². The molecule has 2 aromatic carbocycles. The van der Waals surface area contributed by atoms with Crippen LogP contribution in [0.25, 0.3) is 0 Å². The highest BCUT2D eigenvalue weighted by atomic mass is 16.5. The minimum atomic E-state index is -0.912. The molecule has 8 heteroatoms. The number of ether oxygens (including phenoxy) is 1. The molecule has 140 valence electrons. The molecular weight excluding hydrogens is 364 g/mol. The number of hydrogen-bond acceptors (Lipinski definition) is 6. The molecule has 2 aromatic rings. The first-order valence-corrected chi connectivity index (χ1v) is 8.56. The summed E-state index contributed by atoms with van der Waals surface area (Å²) in [5, 5.41) is 2.47. The first-order valence-electron chi connectivity index (χ1n) is 8.56. The van der Waals surface area contributed by atoms with Gasteiger partial charge in [-0.1, -0.05) is 36.4 Å². The minimum Gasteiger partial charge on any atom is -0.452 e. The van der Waals surface area contributed by atoms with Gasteiger partial charge in [-0.3, -0.25) is 19.3 Å². The summed E-state index contributed by atoms with van der Waals surface area (Å²) in [6.45, 7) is -0.116. The fourth-order valence-corrected chi connectivity index (χ4v) is 3.31. The van der Waals surface area contributed by atoms with Gasteiger partial charge < -0.3 is 10.1 Å². The Bertz CT molecular complexity index is 1060. The number of carbonyl (C=O) groups excluding carboxylic acids is 5. The predicted molar refractivity (Wildman–Crippen MR) is 95.1 cm³/mol. The smallest absolute Gasteiger partial charge is 0.339 e. The third-order valence-electron chi connectivity index (χ3n) is 4.66. The summed E-state index contributed by atoms with van der Waals surface area (Å²) in [5.74, 6) is -2.39. The summed E-state index contributed by atoms with van der Waals surface area (Å²) in [6.07, 6.45) is 0. The number of esters is 1. The van der Waals surface area contributed by atoms with Crippen molar-refractivity contribution in [3.8, 4) is 0 Å². The van der Waals surface area contributed by atoms with E-state index < -0.39 is 30.3 Å². The first-order chi connectivity index (χ1) is 13.5. The first kappa shape index (κ1) is 17.6. The quantitative estimate of drug-likeness (QED) is 0.685. The highest BCUT2D eigenvalue weighted by molar-refractivity contribution is 6.30. The van der Waals surface area contributed by atoms with E-state index in [-0.39, 0.29) is 40.1 Å². The van der Waals surface area contributed by atoms with Crippen molar-refractivity contribution in [3.05, 3.63) is 70.3 Å². The number of rotatable bonds is 3. The van der Waals surface area contributed by atoms with Gasteiger partial charge in [0.05, 0.1) is 5.56 Å². The van der Waals surface area contributed by atoms with Gasteiger partial charge in [0.15, 0.2) is 18.2 Å². The Morgan fingerprint density at radius 2 is 1.61 bits per heavy atom. The second-order valence-electron chi connectivity index (χ2n) is 6.29. The van der Waals surface area contributed by atoms with Gasteiger partial charge >= 0.3 is 12.0 Å². The normalized spacial score (nSPS) is 15.0. The molecular formula is C20H14N2O6. The lowest BCUT2D eigenvalue weighted by Crippen LogP contribution is -2.37. The van der Waals surface area contributed by atoms with E-state index in [1.165, 1.54) is 24.3 Å². The second kappa shape index (κ2) is 6.73. The highest BCUT2D eigenvalue weighted by Gasteiger charge is 2.34. The van der Waals surface area contributed by atoms with Crippen LogP contribution in [-0.2, 0) is 9.53 Å². The second-order valence-corrected chi connectivity index (χ2v) is 6.29. The van der Waals surface area contributed by atoms with Crippen molar-refractivity contribution in [2.75, 3.05) is 19.7 Å². The number of carbonyl (C=O) groups is 5. The molecule has 0 spiro atoms. The summed E-state index contributed by atoms with van der Waals surface area (Å²) in [6, 6.07) is 10.2. The van der Waals surface area contributed by atoms with Crippen LogP contribution in [0.2, 0.25) is 0 Å². The Labute approximate surface area is 159 Å². The maximum atomic E-state index is 12.9. The predicted octanol–water partition coefficient (Wildman–Crippen LogP) is 1.17. The van der Waals surface area contributed by atoms with E-state index in [1.54, 1.807) is 18.2 Å². The average Bonchev–Trinajstić information content (AvgIpc) is 3.15. The number of imide groups is 1. The van der Waals surface area contributed by atoms with E-state index >= 15 is 0 Å². The third kappa shape index (κ3) is 2.75. The zero-order valence-electron chi connectivity index (χ0n) is 14.6. The third-order valence-corrected chi connectivity index (χ3v) is 4.66. The molecule has 3 amide bonds. The number of benzene rings is 2. The molecule has 28 heavy (non-hydrogen) atoms. The van der Waals surface area contributed by atoms with E-state index in [4.69, 9.17) is 4.74 Å². The molecule has 0 atom stereocenters. The summed E-state index contributed by atoms with van der Waals surface area (Å²) in [7, 11) is 0. The van der Waals surface area contributed by atoms with Gasteiger partial charge in [0.2, 0.25) is 0 Å². The minimum absolute atomic E-state index is 0.0393. The van der Waals surface area contributed by atoms with Crippen molar-refractivity contribution in [3.63, 3.8) is 0 Å². The average molecular weight is 378 g/mol. The van der Waals surface area contributed by atoms with Crippen molar-refractivity contribution >= 4 is 29.5 Å². The van der Waals surface area contributed by atoms with E-state index in [1.807, 2.05) is 0 Å². The van der Waals surface area contributed by atoms with Crippen LogP contribution < -0.4 is 5.32 Å². The Hall–Kier alpha value is -3.81. The monoisotopic (exact) mass is 378 g/mol. The molecule has 0 radical (unpaired) electrons. The molecule has 1 aliphatic carbocycles. The summed E-state index contributed by atoms with van der Waals surface area (Å²) in [4.78, 5) is 62.6. The van der Waals surface area contributed by atoms with Crippen molar-refractivity contribution in [1.29, 1.82) is 0 Å². The molecule has 8 nitrogen and oxygen atoms in total. The molecule has 0 saturated carbocycles. The maximum Gasteiger partial charge on any atom is 0.339 e. The Morgan fingerprint density at radius 1 is 0.929 bits per heavy atom. The van der Waals surface area contributed by atoms with Crippen LogP contribution in [0.4, 0.5) is 4.79 Å². The zero-order valence-corrected chi connectivity index (χ0v) is 14.6. The van der Waals surface area contributed by atoms with E-state index in [0.29, 0.717) is 6.54 Å². The molecule has 1 fully saturated rings. The fraction of sp³-hybridized carbons (Fsp3) is 0.150. The number of ketones is 2. The highest BCUT2D eigenvalue weighted by Crippen LogP contribution is 2.29. The van der Waals surface area contributed by atoms with Gasteiger partial charge in [0.1, 0.15) is 0 Å². The van der Waals surface area contributed by atoms with Gasteiger partial charge in [-0.2, -0.15) is 0 Å². The van der Waals surface area contributed by atoms with Gasteiger partial charge in [0, 0.05) is 35.3 Å². The fourth-order valence-electron chi connectivity index (χ4n) is 3.31. The molecule has 2 aliphatic rings. The van der Waals surface area contributed by atoms with Gasteiger partial charge in [0.25, 0.3) is 5.91 Å². The van der Waals surface area contributed by atoms with E-state index in [9.17, 15) is 24.0 Å². The lowest BCUT2D eigenvalue weighted by Gasteiger charge is -2.19. The molecule has 1 aliphatic heterocycles. The Kier molecular flexibility index (Phi) is 4.23. The van der Waals surface area contributed by atoms with Gasteiger partial charge in [-0.15, -0.1) is 0 Å². The topological polar surface area (TPSA) is 110 Å². The zero-order chi connectivity index (χ0) is 19.8. The van der Waals surface area contributed by atoms with Crippen LogP contribution in [0.5, 0.6) is 0 Å². The van der Waals surface area contributed by atoms with E-state index in [2.05, 4.69) is 5.32 Å². The number of nitrogens with zero attached hydrogens (tertiary/aromatic N) is 1. The van der Waals surface area contributed by atoms with Gasteiger partial charge in [-0.05, 0) is 6.07 Å². The molecule has 1 saturated heterocycles. The molecule has 1 heterocycles. The van der Waals surface area contributed by atoms with Crippen molar-refractivity contribution in [2.24, 2.45) is 0 Å². The molecule has 0 bridgehead atoms. The van der Waals surface area contributed by atoms with Crippen LogP contribution >= 0.6 is 0 Å². The lowest BCUT2D eigenvalue weighted by molar-refractivity contribution is -0.130. The molecule has 0 aromatic heterocycles. The van der Waals surface area contributed by atoms with E-state index in [0.717, 1.165) is 4.90 Å². The molecule has 4 rings (SSSR count). The van der Waals surface area contributed by atoms with Crippen LogP contribution in [0.1, 0.15) is 42.2 Å². The Morgan fingerprint density at radius 3 is 2.29 bits per heavy atom. The van der Waals surface area contributed by atoms with Crippen molar-refractivity contribution < 1.29 is 28.7 Å². The van der Waals surface area contributed by atoms with Gasteiger partial charge in [-0.25, -0.2) is 9.59 Å². The SMILES string of the molecule is O=C(OCC(=O)N1CCNC1=O)c1cccc2c1C(=O)c1ccccc1C2=O. The number of hydrogen-bond donors (Lipinski definition) is 1. The number of amides is 3. The summed E-state index contributed by atoms with van der Waals surface area (Å²) >= 11 is 0. The standard InChI is InChI=1S/C20H14N2O6/c23-15(22-9-8-21-20(22)27)10-28-19(26)14-7-3-6-13-16(14)18(25)12-5-2-1-4-11(12)17(13)24/h1-7H,8-10H2,(H,21,27). The number of nitrogens with one attached hydrogen (secondary N) is 1. The summed E-state index contributed by atoms with van der Waals surface area (Å²) in [5.41, 5.74) is 0.473. The van der Waals surface area contributed by atoms with Crippen molar-refractivity contribution in [2.45, 2.75) is 0 Å². The van der Waals surface area contributed by atoms with Crippen LogP contribution in [0.15, 0.2) is 42.5 Å². The molecule has 0 unspecified atom stereocenters. The lowest BCUT2D eigenvalue weighted by atomic mass is 9.82. The van der Waals surface area contributed by atoms with Crippen LogP contribution in [0, 0.1) is 0 Å². The van der Waals surface area contributed by atoms with Crippen molar-refractivity contribution in [1.82, 2.24) is 10.2 Å². The maximum absolute atomic E-state index is 12.9. The number of urea groups is 1. The number of fused-ring (bicyclic) bond motifs is 2. The Balaban J connectivity index is 1.60. The van der Waals surface area contributed by atoms with Crippen LogP contribution in [0.3, 0.4) is 0 Å². The largest absolute Gasteiger partial charge is 0.452 e. The molecule has 1 N–H and O–H groups in total.